The van der Waals surface area contributed by atoms with Crippen LogP contribution in [0, 0.1) is 0 Å². The van der Waals surface area contributed by atoms with Crippen LogP contribution >= 0.6 is 0 Å². The van der Waals surface area contributed by atoms with Crippen molar-refractivity contribution in [2.24, 2.45) is 4.99 Å². The number of nitrogens with zero attached hydrogens (tertiary/aromatic N) is 2. The monoisotopic (exact) mass is 210 g/mol. The number of hydrogen-bond acceptors (Lipinski definition) is 2. The van der Waals surface area contributed by atoms with Crippen molar-refractivity contribution in [2.75, 3.05) is 7.05 Å². The molecule has 0 aromatic carbocycles. The summed E-state index contributed by atoms with van der Waals surface area (Å²) in [6.07, 6.45) is 4.34. The highest BCUT2D eigenvalue weighted by atomic mass is 16.2. The Morgan fingerprint density at radius 3 is 2.40 bits per heavy atom. The van der Waals surface area contributed by atoms with Gasteiger partial charge in [-0.1, -0.05) is 27.7 Å². The van der Waals surface area contributed by atoms with Gasteiger partial charge >= 0.3 is 0 Å². The average Bonchev–Trinajstić information content (AvgIpc) is 2.61. The van der Waals surface area contributed by atoms with E-state index in [1.807, 2.05) is 41.0 Å². The predicted octanol–water partition coefficient (Wildman–Crippen LogP) is 2.98. The molecule has 0 N–H and O–H groups in total. The Kier molecular flexibility index (Phi) is 6.67. The molecule has 2 rings (SSSR count). The van der Waals surface area contributed by atoms with E-state index in [0.29, 0.717) is 6.42 Å². The van der Waals surface area contributed by atoms with Crippen molar-refractivity contribution in [1.82, 2.24) is 4.90 Å². The smallest absolute Gasteiger partial charge is 0.232 e. The van der Waals surface area contributed by atoms with Crippen LogP contribution in [0.15, 0.2) is 16.4 Å². The molecule has 0 spiro atoms. The minimum Gasteiger partial charge on any atom is -0.317 e. The summed E-state index contributed by atoms with van der Waals surface area (Å²) in [6, 6.07) is 0. The second-order valence-corrected chi connectivity index (χ2v) is 2.87. The number of aliphatic imine (C=N–C) groups is 1. The largest absolute Gasteiger partial charge is 0.317 e. The van der Waals surface area contributed by atoms with Gasteiger partial charge in [0.25, 0.3) is 0 Å². The summed E-state index contributed by atoms with van der Waals surface area (Å²) < 4.78 is 0. The molecule has 0 radical (unpaired) electrons. The summed E-state index contributed by atoms with van der Waals surface area (Å²) >= 11 is 0. The van der Waals surface area contributed by atoms with Crippen LogP contribution in [0.5, 0.6) is 0 Å². The fourth-order valence-corrected chi connectivity index (χ4v) is 1.52. The van der Waals surface area contributed by atoms with E-state index in [0.717, 1.165) is 24.2 Å². The quantitative estimate of drug-likeness (QED) is 0.605. The number of rotatable bonds is 0. The normalized spacial score (nSPS) is 17.7. The van der Waals surface area contributed by atoms with Crippen LogP contribution in [0.3, 0.4) is 0 Å². The highest BCUT2D eigenvalue weighted by Gasteiger charge is 2.27. The lowest BCUT2D eigenvalue weighted by Gasteiger charge is -2.14. The molecular weight excluding hydrogens is 188 g/mol. The lowest BCUT2D eigenvalue weighted by molar-refractivity contribution is -0.126. The van der Waals surface area contributed by atoms with E-state index in [4.69, 9.17) is 0 Å². The second-order valence-electron chi connectivity index (χ2n) is 2.87. The summed E-state index contributed by atoms with van der Waals surface area (Å²) in [7, 11) is 1.82. The van der Waals surface area contributed by atoms with Gasteiger partial charge in [0.15, 0.2) is 0 Å². The molecule has 0 saturated heterocycles. The van der Waals surface area contributed by atoms with Gasteiger partial charge in [0, 0.05) is 19.0 Å². The first kappa shape index (κ1) is 13.9. The van der Waals surface area contributed by atoms with Crippen molar-refractivity contribution in [3.63, 3.8) is 0 Å². The highest BCUT2D eigenvalue weighted by Crippen LogP contribution is 2.28. The van der Waals surface area contributed by atoms with Gasteiger partial charge in [-0.15, -0.1) is 0 Å². The Bertz CT molecular complexity index is 267. The highest BCUT2D eigenvalue weighted by molar-refractivity contribution is 5.85. The third kappa shape index (κ3) is 3.18. The second kappa shape index (κ2) is 7.21. The van der Waals surface area contributed by atoms with Crippen molar-refractivity contribution >= 4 is 12.1 Å². The molecular formula is C12H22N2O. The number of allylic oxidation sites excluding steroid dienone is 1. The maximum absolute atomic E-state index is 11.2. The first-order chi connectivity index (χ1) is 7.29. The molecule has 0 atom stereocenters. The molecule has 15 heavy (non-hydrogen) atoms. The van der Waals surface area contributed by atoms with Crippen molar-refractivity contribution in [2.45, 2.75) is 47.0 Å². The van der Waals surface area contributed by atoms with Crippen LogP contribution < -0.4 is 0 Å². The fraction of sp³-hybridized carbons (Fsp3) is 0.667. The van der Waals surface area contributed by atoms with Gasteiger partial charge < -0.3 is 4.90 Å². The Morgan fingerprint density at radius 1 is 1.27 bits per heavy atom. The van der Waals surface area contributed by atoms with Gasteiger partial charge in [-0.3, -0.25) is 9.79 Å². The van der Waals surface area contributed by atoms with Crippen molar-refractivity contribution < 1.29 is 4.79 Å². The van der Waals surface area contributed by atoms with E-state index in [1.54, 1.807) is 4.90 Å². The van der Waals surface area contributed by atoms with Crippen LogP contribution in [0.4, 0.5) is 0 Å². The molecule has 0 aromatic heterocycles. The van der Waals surface area contributed by atoms with Crippen molar-refractivity contribution in [1.29, 1.82) is 0 Å². The van der Waals surface area contributed by atoms with Crippen LogP contribution in [-0.2, 0) is 4.79 Å². The summed E-state index contributed by atoms with van der Waals surface area (Å²) in [5, 5.41) is 0. The molecule has 2 aliphatic rings. The molecule has 3 nitrogen and oxygen atoms in total. The van der Waals surface area contributed by atoms with E-state index in [9.17, 15) is 4.79 Å². The van der Waals surface area contributed by atoms with Crippen LogP contribution in [-0.4, -0.2) is 24.1 Å². The minimum atomic E-state index is 0.175. The molecule has 86 valence electrons. The molecule has 0 fully saturated rings. The standard InChI is InChI=1S/C8H10N2O.2C2H6/c1-10-7-3-2-4-9-6(7)5-8(10)11;2*1-2/h4H,2-3,5H2,1H3;2*1-2H3. The van der Waals surface area contributed by atoms with Gasteiger partial charge in [-0.25, -0.2) is 0 Å². The maximum Gasteiger partial charge on any atom is 0.232 e. The fourth-order valence-electron chi connectivity index (χ4n) is 1.52. The Morgan fingerprint density at radius 2 is 1.87 bits per heavy atom. The lowest BCUT2D eigenvalue weighted by atomic mass is 10.2. The first-order valence-corrected chi connectivity index (χ1v) is 5.80. The SMILES string of the molecule is CC.CC.CN1C(=O)CC2=C1CCC=N2. The molecule has 0 saturated carbocycles. The zero-order valence-corrected chi connectivity index (χ0v) is 10.5. The van der Waals surface area contributed by atoms with Gasteiger partial charge in [-0.2, -0.15) is 0 Å². The van der Waals surface area contributed by atoms with Crippen molar-refractivity contribution in [3.8, 4) is 0 Å². The Labute approximate surface area is 92.9 Å². The van der Waals surface area contributed by atoms with E-state index in [2.05, 4.69) is 4.99 Å². The molecule has 0 aliphatic carbocycles. The molecule has 2 aliphatic heterocycles. The summed E-state index contributed by atoms with van der Waals surface area (Å²) in [4.78, 5) is 17.1. The van der Waals surface area contributed by atoms with E-state index in [1.165, 1.54) is 0 Å². The zero-order valence-electron chi connectivity index (χ0n) is 10.5. The first-order valence-electron chi connectivity index (χ1n) is 5.80. The van der Waals surface area contributed by atoms with Gasteiger partial charge in [0.05, 0.1) is 12.1 Å². The van der Waals surface area contributed by atoms with E-state index in [-0.39, 0.29) is 5.91 Å². The molecule has 0 aromatic rings. The van der Waals surface area contributed by atoms with Crippen molar-refractivity contribution in [3.05, 3.63) is 11.4 Å². The Hall–Kier alpha value is -1.12. The molecule has 0 bridgehead atoms. The topological polar surface area (TPSA) is 32.7 Å². The van der Waals surface area contributed by atoms with E-state index >= 15 is 0 Å². The summed E-state index contributed by atoms with van der Waals surface area (Å²) in [5.74, 6) is 0.175. The average molecular weight is 210 g/mol. The third-order valence-corrected chi connectivity index (χ3v) is 2.19. The van der Waals surface area contributed by atoms with Gasteiger partial charge in [-0.05, 0) is 12.8 Å². The lowest BCUT2D eigenvalue weighted by Crippen LogP contribution is -2.19. The third-order valence-electron chi connectivity index (χ3n) is 2.19. The number of carbonyl (C=O) groups is 1. The number of carbonyl (C=O) groups excluding carboxylic acids is 1. The Balaban J connectivity index is 0.000000442. The minimum absolute atomic E-state index is 0.175. The van der Waals surface area contributed by atoms with Gasteiger partial charge in [0.1, 0.15) is 0 Å². The zero-order chi connectivity index (χ0) is 11.8. The molecule has 2 heterocycles. The van der Waals surface area contributed by atoms with Crippen LogP contribution in [0.2, 0.25) is 0 Å². The molecule has 1 amide bonds. The maximum atomic E-state index is 11.2. The number of hydrogen-bond donors (Lipinski definition) is 0. The summed E-state index contributed by atoms with van der Waals surface area (Å²) in [5.41, 5.74) is 2.10. The van der Waals surface area contributed by atoms with Crippen LogP contribution in [0.25, 0.3) is 0 Å². The molecule has 0 unspecified atom stereocenters. The molecule has 3 heteroatoms. The summed E-state index contributed by atoms with van der Waals surface area (Å²) in [6.45, 7) is 8.00. The number of amides is 1. The predicted molar refractivity (Wildman–Crippen MR) is 64.8 cm³/mol. The van der Waals surface area contributed by atoms with E-state index < -0.39 is 0 Å². The van der Waals surface area contributed by atoms with Crippen LogP contribution in [0.1, 0.15) is 47.0 Å². The van der Waals surface area contributed by atoms with Gasteiger partial charge in [0.2, 0.25) is 5.91 Å².